The number of nitrogens with zero attached hydrogens (tertiary/aromatic N) is 2. The summed E-state index contributed by atoms with van der Waals surface area (Å²) in [5.41, 5.74) is 4.93. The highest BCUT2D eigenvalue weighted by atomic mass is 16.8. The molecule has 5 heterocycles. The number of aliphatic hydroxyl groups excluding tert-OH is 1. The van der Waals surface area contributed by atoms with Crippen molar-refractivity contribution in [1.29, 1.82) is 0 Å². The number of rotatable bonds is 7. The molecule has 0 radical (unpaired) electrons. The van der Waals surface area contributed by atoms with E-state index in [2.05, 4.69) is 68.6 Å². The van der Waals surface area contributed by atoms with Crippen LogP contribution >= 0.6 is 0 Å². The van der Waals surface area contributed by atoms with Gasteiger partial charge in [0.2, 0.25) is 11.8 Å². The van der Waals surface area contributed by atoms with Crippen LogP contribution in [0.2, 0.25) is 0 Å². The standard InChI is InChI=1S/C47H57N3O9/c1-44(2)24-32-29(14-15-36-45(3,56-36)17-16-33(32)44)21-27-10-12-28(13-11-27)26-50-39-42(53)55-35-25-47(39,43(54)49-19-6-9-34(49)41(52)48-18-20-51)40(59-50)38-37(35)57-46(58-38)22-30-7-4-5-8-31(30)23-46/h4-5,7-8,10-13,21,32-40,51H,6,9,14-20,22-26H2,1-3H3,(H,48,52)/t32-,33-,34-,35+,36?,37+,38+,39+,40-,45-,47+/m1/s1. The van der Waals surface area contributed by atoms with Crippen LogP contribution < -0.4 is 5.32 Å². The van der Waals surface area contributed by atoms with Crippen LogP contribution in [0.1, 0.15) is 94.4 Å². The summed E-state index contributed by atoms with van der Waals surface area (Å²) in [6, 6.07) is 14.9. The van der Waals surface area contributed by atoms with Gasteiger partial charge in [-0.25, -0.2) is 0 Å². The predicted octanol–water partition coefficient (Wildman–Crippen LogP) is 4.64. The van der Waals surface area contributed by atoms with Gasteiger partial charge in [-0.1, -0.05) is 74.0 Å². The lowest BCUT2D eigenvalue weighted by atomic mass is 9.52. The number of benzene rings is 2. The first kappa shape index (κ1) is 38.3. The molecule has 12 nitrogen and oxygen atoms in total. The van der Waals surface area contributed by atoms with Crippen LogP contribution in [-0.4, -0.2) is 107 Å². The number of esters is 1. The molecule has 11 atom stereocenters. The Kier molecular flexibility index (Phi) is 8.87. The van der Waals surface area contributed by atoms with Gasteiger partial charge >= 0.3 is 5.97 Å². The summed E-state index contributed by atoms with van der Waals surface area (Å²) in [4.78, 5) is 51.6. The number of fused-ring (bicyclic) bond motifs is 7. The van der Waals surface area contributed by atoms with Crippen molar-refractivity contribution in [3.63, 3.8) is 0 Å². The highest BCUT2D eigenvalue weighted by molar-refractivity contribution is 5.96. The number of ether oxygens (including phenoxy) is 4. The monoisotopic (exact) mass is 807 g/mol. The van der Waals surface area contributed by atoms with Crippen molar-refractivity contribution in [2.75, 3.05) is 19.7 Å². The van der Waals surface area contributed by atoms with E-state index >= 15 is 4.79 Å². The number of epoxide rings is 1. The zero-order valence-electron chi connectivity index (χ0n) is 34.4. The summed E-state index contributed by atoms with van der Waals surface area (Å²) < 4.78 is 26.2. The number of aliphatic hydroxyl groups is 1. The summed E-state index contributed by atoms with van der Waals surface area (Å²) in [6.07, 6.45) is 8.00. The van der Waals surface area contributed by atoms with E-state index in [1.54, 1.807) is 9.96 Å². The van der Waals surface area contributed by atoms with Gasteiger partial charge < -0.3 is 34.3 Å². The van der Waals surface area contributed by atoms with Gasteiger partial charge in [-0.3, -0.25) is 19.2 Å². The second kappa shape index (κ2) is 13.7. The van der Waals surface area contributed by atoms with Crippen LogP contribution in [0, 0.1) is 22.7 Å². The molecule has 8 fully saturated rings. The number of hydrogen-bond acceptors (Lipinski definition) is 10. The van der Waals surface area contributed by atoms with Crippen LogP contribution in [0.3, 0.4) is 0 Å². The topological polar surface area (TPSA) is 139 Å². The third-order valence-corrected chi connectivity index (χ3v) is 16.0. The first-order valence-electron chi connectivity index (χ1n) is 22.1. The van der Waals surface area contributed by atoms with Crippen molar-refractivity contribution in [2.24, 2.45) is 22.7 Å². The maximum absolute atomic E-state index is 15.3. The van der Waals surface area contributed by atoms with Gasteiger partial charge in [0.25, 0.3) is 0 Å². The number of carbonyl (C=O) groups excluding carboxylic acids is 3. The molecule has 1 unspecified atom stereocenters. The van der Waals surface area contributed by atoms with E-state index in [4.69, 9.17) is 23.8 Å². The highest BCUT2D eigenvalue weighted by Crippen LogP contribution is 2.61. The molecule has 9 aliphatic rings. The Bertz CT molecular complexity index is 2060. The molecule has 2 aromatic rings. The summed E-state index contributed by atoms with van der Waals surface area (Å²) in [5, 5.41) is 13.8. The summed E-state index contributed by atoms with van der Waals surface area (Å²) >= 11 is 0. The fourth-order valence-corrected chi connectivity index (χ4v) is 12.9. The molecule has 2 aromatic carbocycles. The number of hydroxylamine groups is 2. The highest BCUT2D eigenvalue weighted by Gasteiger charge is 2.77. The van der Waals surface area contributed by atoms with Crippen molar-refractivity contribution in [3.05, 3.63) is 76.4 Å². The number of allylic oxidation sites excluding steroid dienone is 1. The molecule has 2 N–H and O–H groups in total. The summed E-state index contributed by atoms with van der Waals surface area (Å²) in [5.74, 6) is -0.819. The number of amides is 2. The van der Waals surface area contributed by atoms with E-state index in [0.29, 0.717) is 55.6 Å². The van der Waals surface area contributed by atoms with Gasteiger partial charge in [-0.2, -0.15) is 5.06 Å². The Morgan fingerprint density at radius 3 is 2.46 bits per heavy atom. The zero-order chi connectivity index (χ0) is 40.5. The van der Waals surface area contributed by atoms with Gasteiger partial charge in [-0.15, -0.1) is 0 Å². The van der Waals surface area contributed by atoms with Crippen molar-refractivity contribution >= 4 is 23.9 Å². The Labute approximate surface area is 345 Å². The maximum Gasteiger partial charge on any atom is 0.327 e. The third kappa shape index (κ3) is 6.02. The zero-order valence-corrected chi connectivity index (χ0v) is 34.4. The quantitative estimate of drug-likeness (QED) is 0.301. The SMILES string of the molecule is CC1(C)C[C@@H]2C(=Cc3ccc(CN4O[C@@H]5[C@H]6OC7(Cc8ccccc8C7)O[C@H]6[C@@H]6C[C@]5(C(=O)N5CCC[C@@H]5C(=O)NCCO)[C@@H]4C(=O)O6)cc3)CCC3O[C@]3(C)CC[C@H]21. The van der Waals surface area contributed by atoms with Crippen LogP contribution in [0.5, 0.6) is 0 Å². The first-order valence-corrected chi connectivity index (χ1v) is 22.1. The molecule has 5 aliphatic heterocycles. The number of likely N-dealkylation sites (tertiary alicyclic amines) is 1. The average Bonchev–Trinajstić information content (AvgIpc) is 3.73. The van der Waals surface area contributed by atoms with E-state index in [-0.39, 0.29) is 43.5 Å². The van der Waals surface area contributed by atoms with Gasteiger partial charge in [0.05, 0.1) is 24.9 Å². The van der Waals surface area contributed by atoms with Crippen molar-refractivity contribution in [3.8, 4) is 0 Å². The van der Waals surface area contributed by atoms with E-state index in [1.807, 2.05) is 12.1 Å². The lowest BCUT2D eigenvalue weighted by Gasteiger charge is -2.53. The minimum Gasteiger partial charge on any atom is -0.458 e. The van der Waals surface area contributed by atoms with Gasteiger partial charge in [0, 0.05) is 32.4 Å². The average molecular weight is 808 g/mol. The third-order valence-electron chi connectivity index (χ3n) is 16.0. The van der Waals surface area contributed by atoms with Crippen molar-refractivity contribution in [1.82, 2.24) is 15.3 Å². The number of hydrogen-bond donors (Lipinski definition) is 2. The fourth-order valence-electron chi connectivity index (χ4n) is 12.9. The lowest BCUT2D eigenvalue weighted by molar-refractivity contribution is -0.218. The van der Waals surface area contributed by atoms with Gasteiger partial charge in [0.15, 0.2) is 11.8 Å². The summed E-state index contributed by atoms with van der Waals surface area (Å²) in [7, 11) is 0. The molecule has 4 aliphatic carbocycles. The molecule has 11 rings (SSSR count). The minimum atomic E-state index is -1.36. The normalized spacial score (nSPS) is 40.2. The van der Waals surface area contributed by atoms with E-state index < -0.39 is 53.7 Å². The molecule has 314 valence electrons. The van der Waals surface area contributed by atoms with Gasteiger partial charge in [0.1, 0.15) is 35.9 Å². The van der Waals surface area contributed by atoms with Crippen molar-refractivity contribution < 1.29 is 43.3 Å². The molecule has 0 aromatic heterocycles. The van der Waals surface area contributed by atoms with Crippen LogP contribution in [0.25, 0.3) is 6.08 Å². The first-order chi connectivity index (χ1) is 28.4. The second-order valence-electron chi connectivity index (χ2n) is 20.0. The molecule has 59 heavy (non-hydrogen) atoms. The van der Waals surface area contributed by atoms with Crippen LogP contribution in [0.4, 0.5) is 0 Å². The molecule has 2 amide bonds. The van der Waals surface area contributed by atoms with Crippen LogP contribution in [0.15, 0.2) is 54.1 Å². The Morgan fingerprint density at radius 2 is 1.71 bits per heavy atom. The minimum absolute atomic E-state index is 0.0457. The number of carbonyl (C=O) groups is 3. The molecule has 12 heteroatoms. The Morgan fingerprint density at radius 1 is 0.949 bits per heavy atom. The molecular formula is C47H57N3O9. The van der Waals surface area contributed by atoms with Crippen LogP contribution in [-0.2, 0) is 57.6 Å². The van der Waals surface area contributed by atoms with E-state index in [1.165, 1.54) is 18.4 Å². The largest absolute Gasteiger partial charge is 0.458 e. The molecular weight excluding hydrogens is 751 g/mol. The van der Waals surface area contributed by atoms with E-state index in [0.717, 1.165) is 41.5 Å². The van der Waals surface area contributed by atoms with Crippen molar-refractivity contribution in [2.45, 2.75) is 146 Å². The molecule has 5 saturated heterocycles. The summed E-state index contributed by atoms with van der Waals surface area (Å²) in [6.45, 7) is 7.65. The smallest absolute Gasteiger partial charge is 0.327 e. The van der Waals surface area contributed by atoms with Gasteiger partial charge in [-0.05, 0) is 91.4 Å². The lowest BCUT2D eigenvalue weighted by Crippen LogP contribution is -2.70. The van der Waals surface area contributed by atoms with E-state index in [9.17, 15) is 14.7 Å². The number of nitrogens with one attached hydrogen (secondary N) is 1. The second-order valence-corrected chi connectivity index (χ2v) is 20.0. The molecule has 2 bridgehead atoms. The Balaban J connectivity index is 0.893. The predicted molar refractivity (Wildman–Crippen MR) is 214 cm³/mol. The maximum atomic E-state index is 15.3. The fraction of sp³-hybridized carbons (Fsp3) is 0.638. The molecule has 3 saturated carbocycles. The molecule has 1 spiro atoms. The Hall–Kier alpha value is -3.65.